The number of methoxy groups -OCH3 is 2. The number of halogens is 2. The van der Waals surface area contributed by atoms with Crippen LogP contribution in [0.1, 0.15) is 62.8 Å². The minimum Gasteiger partial charge on any atom is -0.497 e. The summed E-state index contributed by atoms with van der Waals surface area (Å²) in [5.74, 6) is 0.889. The lowest BCUT2D eigenvalue weighted by Gasteiger charge is -2.31. The normalized spacial score (nSPS) is 17.2. The summed E-state index contributed by atoms with van der Waals surface area (Å²) >= 11 is 12.9. The quantitative estimate of drug-likeness (QED) is 0.0994. The standard InChI is InChI=1S/C35H41Cl2N3O8/c1-34(2,3)48-30(42)15-16-35(33(43)40-38-21-23-9-13-26(44-4)20-29(23)45-5)31(27-14-10-24(36)19-28(27)37)47-32(39-35)22-7-11-25(12-8-22)46-18-6-17-41/h7-14,19-20,31,38,41H,6,15-18,21H2,1-5H3,(H,40,43)/t31-,35-/m0/s1. The highest BCUT2D eigenvalue weighted by Crippen LogP contribution is 2.45. The number of carbonyl (C=O) groups excluding carboxylic acids is 2. The molecule has 13 heteroatoms. The molecule has 0 radical (unpaired) electrons. The molecule has 3 N–H and O–H groups in total. The molecule has 0 saturated carbocycles. The van der Waals surface area contributed by atoms with Crippen LogP contribution in [-0.2, 0) is 25.6 Å². The van der Waals surface area contributed by atoms with E-state index in [2.05, 4.69) is 10.9 Å². The van der Waals surface area contributed by atoms with E-state index in [9.17, 15) is 9.59 Å². The lowest BCUT2D eigenvalue weighted by molar-refractivity contribution is -0.155. The number of esters is 1. The van der Waals surface area contributed by atoms with Crippen molar-refractivity contribution in [3.63, 3.8) is 0 Å². The van der Waals surface area contributed by atoms with Gasteiger partial charge in [-0.05, 0) is 69.7 Å². The average molecular weight is 703 g/mol. The molecule has 11 nitrogen and oxygen atoms in total. The maximum Gasteiger partial charge on any atom is 0.306 e. The Balaban J connectivity index is 1.71. The van der Waals surface area contributed by atoms with Crippen molar-refractivity contribution in [2.45, 2.75) is 63.8 Å². The van der Waals surface area contributed by atoms with E-state index in [0.717, 1.165) is 5.56 Å². The van der Waals surface area contributed by atoms with Crippen LogP contribution in [0.3, 0.4) is 0 Å². The Bertz CT molecular complexity index is 1610. The van der Waals surface area contributed by atoms with Crippen LogP contribution in [0.25, 0.3) is 0 Å². The van der Waals surface area contributed by atoms with Gasteiger partial charge in [0.1, 0.15) is 22.8 Å². The van der Waals surface area contributed by atoms with Gasteiger partial charge in [0, 0.05) is 58.8 Å². The van der Waals surface area contributed by atoms with Crippen molar-refractivity contribution in [3.8, 4) is 17.2 Å². The number of hydrogen-bond donors (Lipinski definition) is 3. The fourth-order valence-corrected chi connectivity index (χ4v) is 5.58. The van der Waals surface area contributed by atoms with E-state index in [0.29, 0.717) is 46.4 Å². The van der Waals surface area contributed by atoms with E-state index in [1.807, 2.05) is 6.07 Å². The van der Waals surface area contributed by atoms with Gasteiger partial charge in [-0.1, -0.05) is 35.3 Å². The zero-order valence-corrected chi connectivity index (χ0v) is 29.1. The van der Waals surface area contributed by atoms with Crippen LogP contribution in [0.5, 0.6) is 17.2 Å². The number of ether oxygens (including phenoxy) is 5. The average Bonchev–Trinajstić information content (AvgIpc) is 3.44. The third kappa shape index (κ3) is 9.31. The Labute approximate surface area is 290 Å². The number of aliphatic hydroxyl groups is 1. The van der Waals surface area contributed by atoms with Crippen LogP contribution in [0.15, 0.2) is 65.7 Å². The van der Waals surface area contributed by atoms with Crippen molar-refractivity contribution in [1.82, 2.24) is 10.9 Å². The SMILES string of the molecule is COc1ccc(CNNC(=O)[C@@]2(CCC(=O)OC(C)(C)C)N=C(c3ccc(OCCCO)cc3)O[C@H]2c2ccc(Cl)cc2Cl)c(OC)c1. The summed E-state index contributed by atoms with van der Waals surface area (Å²) in [6.45, 7) is 5.89. The van der Waals surface area contributed by atoms with Gasteiger partial charge in [0.2, 0.25) is 5.90 Å². The third-order valence-corrected chi connectivity index (χ3v) is 7.94. The summed E-state index contributed by atoms with van der Waals surface area (Å²) in [6.07, 6.45) is -0.763. The van der Waals surface area contributed by atoms with Gasteiger partial charge in [-0.15, -0.1) is 0 Å². The third-order valence-electron chi connectivity index (χ3n) is 7.38. The molecule has 0 spiro atoms. The molecule has 0 saturated heterocycles. The van der Waals surface area contributed by atoms with Gasteiger partial charge in [-0.25, -0.2) is 10.4 Å². The molecule has 0 bridgehead atoms. The molecular weight excluding hydrogens is 661 g/mol. The van der Waals surface area contributed by atoms with Crippen LogP contribution in [-0.4, -0.2) is 61.5 Å². The number of benzene rings is 3. The highest BCUT2D eigenvalue weighted by atomic mass is 35.5. The largest absolute Gasteiger partial charge is 0.497 e. The minimum atomic E-state index is -1.67. The molecule has 1 heterocycles. The zero-order chi connectivity index (χ0) is 34.9. The van der Waals surface area contributed by atoms with Gasteiger partial charge in [0.05, 0.1) is 20.8 Å². The second-order valence-corrected chi connectivity index (χ2v) is 12.9. The molecule has 2 atom stereocenters. The molecule has 48 heavy (non-hydrogen) atoms. The molecule has 258 valence electrons. The first kappa shape index (κ1) is 36.8. The van der Waals surface area contributed by atoms with Crippen molar-refractivity contribution < 1.29 is 38.4 Å². The first-order valence-corrected chi connectivity index (χ1v) is 16.2. The Morgan fingerprint density at radius 3 is 2.38 bits per heavy atom. The summed E-state index contributed by atoms with van der Waals surface area (Å²) in [4.78, 5) is 32.3. The number of rotatable bonds is 15. The smallest absolute Gasteiger partial charge is 0.306 e. The first-order chi connectivity index (χ1) is 22.9. The highest BCUT2D eigenvalue weighted by molar-refractivity contribution is 6.35. The molecule has 3 aromatic rings. The fourth-order valence-electron chi connectivity index (χ4n) is 5.07. The monoisotopic (exact) mass is 701 g/mol. The Morgan fingerprint density at radius 1 is 1.00 bits per heavy atom. The number of nitrogens with zero attached hydrogens (tertiary/aromatic N) is 1. The molecular formula is C35H41Cl2N3O8. The number of aliphatic hydroxyl groups excluding tert-OH is 1. The number of carbonyl (C=O) groups is 2. The lowest BCUT2D eigenvalue weighted by atomic mass is 9.83. The fraction of sp³-hybridized carbons (Fsp3) is 0.400. The number of hydrazine groups is 1. The maximum absolute atomic E-state index is 14.4. The molecule has 1 aliphatic rings. The van der Waals surface area contributed by atoms with Gasteiger partial charge < -0.3 is 28.8 Å². The Hall–Kier alpha value is -4.03. The topological polar surface area (TPSA) is 137 Å². The molecule has 4 rings (SSSR count). The molecule has 0 aromatic heterocycles. The van der Waals surface area contributed by atoms with E-state index >= 15 is 0 Å². The highest BCUT2D eigenvalue weighted by Gasteiger charge is 2.54. The van der Waals surface area contributed by atoms with Gasteiger partial charge in [0.15, 0.2) is 11.6 Å². The van der Waals surface area contributed by atoms with Crippen molar-refractivity contribution in [2.24, 2.45) is 4.99 Å². The Morgan fingerprint density at radius 2 is 1.73 bits per heavy atom. The van der Waals surface area contributed by atoms with E-state index in [-0.39, 0.29) is 36.9 Å². The van der Waals surface area contributed by atoms with Crippen LogP contribution in [0.4, 0.5) is 0 Å². The van der Waals surface area contributed by atoms with Crippen LogP contribution in [0.2, 0.25) is 10.0 Å². The molecule has 0 fully saturated rings. The van der Waals surface area contributed by atoms with Crippen LogP contribution in [0, 0.1) is 0 Å². The summed E-state index contributed by atoms with van der Waals surface area (Å²) in [7, 11) is 3.11. The van der Waals surface area contributed by atoms with Gasteiger partial charge >= 0.3 is 5.97 Å². The molecule has 1 amide bonds. The van der Waals surface area contributed by atoms with E-state index in [1.165, 1.54) is 0 Å². The van der Waals surface area contributed by atoms with Gasteiger partial charge in [0.25, 0.3) is 5.91 Å². The molecule has 0 aliphatic carbocycles. The minimum absolute atomic E-state index is 0.0211. The van der Waals surface area contributed by atoms with E-state index in [4.69, 9.17) is 57.0 Å². The summed E-state index contributed by atoms with van der Waals surface area (Å²) in [5, 5.41) is 9.73. The summed E-state index contributed by atoms with van der Waals surface area (Å²) in [6, 6.07) is 17.2. The second-order valence-electron chi connectivity index (χ2n) is 12.0. The van der Waals surface area contributed by atoms with Crippen molar-refractivity contribution in [2.75, 3.05) is 27.4 Å². The zero-order valence-electron chi connectivity index (χ0n) is 27.6. The van der Waals surface area contributed by atoms with Crippen molar-refractivity contribution in [1.29, 1.82) is 0 Å². The first-order valence-electron chi connectivity index (χ1n) is 15.4. The predicted octanol–water partition coefficient (Wildman–Crippen LogP) is 5.97. The summed E-state index contributed by atoms with van der Waals surface area (Å²) in [5.41, 5.74) is 5.14. The lowest BCUT2D eigenvalue weighted by Crippen LogP contribution is -2.52. The van der Waals surface area contributed by atoms with Crippen LogP contribution < -0.4 is 25.1 Å². The van der Waals surface area contributed by atoms with Gasteiger partial charge in [-0.3, -0.25) is 15.0 Å². The second kappa shape index (κ2) is 16.4. The number of aliphatic imine (C=N–C) groups is 1. The van der Waals surface area contributed by atoms with E-state index < -0.39 is 29.1 Å². The molecule has 0 unspecified atom stereocenters. The van der Waals surface area contributed by atoms with Crippen LogP contribution >= 0.6 is 23.2 Å². The maximum atomic E-state index is 14.4. The number of amides is 1. The number of hydrogen-bond acceptors (Lipinski definition) is 10. The van der Waals surface area contributed by atoms with Crippen molar-refractivity contribution >= 4 is 41.0 Å². The summed E-state index contributed by atoms with van der Waals surface area (Å²) < 4.78 is 28.5. The van der Waals surface area contributed by atoms with Crippen molar-refractivity contribution in [3.05, 3.63) is 87.4 Å². The molecule has 3 aromatic carbocycles. The Kier molecular flexibility index (Phi) is 12.6. The number of nitrogens with one attached hydrogen (secondary N) is 2. The van der Waals surface area contributed by atoms with Gasteiger partial charge in [-0.2, -0.15) is 0 Å². The van der Waals surface area contributed by atoms with E-state index in [1.54, 1.807) is 89.6 Å². The predicted molar refractivity (Wildman–Crippen MR) is 183 cm³/mol. The molecule has 1 aliphatic heterocycles.